The van der Waals surface area contributed by atoms with E-state index in [0.29, 0.717) is 5.54 Å². The maximum Gasteiger partial charge on any atom is 0.0206 e. The van der Waals surface area contributed by atoms with Gasteiger partial charge in [-0.05, 0) is 84.1 Å². The number of hydrogen-bond donors (Lipinski definition) is 1. The Balaban J connectivity index is 1.90. The summed E-state index contributed by atoms with van der Waals surface area (Å²) in [7, 11) is 6.62. The van der Waals surface area contributed by atoms with Crippen LogP contribution in [0.5, 0.6) is 0 Å². The summed E-state index contributed by atoms with van der Waals surface area (Å²) in [6.45, 7) is 1.17. The molecule has 0 aliphatic heterocycles. The van der Waals surface area contributed by atoms with Crippen molar-refractivity contribution in [2.45, 2.75) is 50.5 Å². The third-order valence-electron chi connectivity index (χ3n) is 5.51. The van der Waals surface area contributed by atoms with Crippen LogP contribution in [-0.2, 0) is 6.42 Å². The molecule has 0 spiro atoms. The van der Waals surface area contributed by atoms with Crippen molar-refractivity contribution in [2.75, 3.05) is 27.7 Å². The molecule has 2 rings (SSSR count). The molecule has 0 bridgehead atoms. The first kappa shape index (κ1) is 16.5. The van der Waals surface area contributed by atoms with E-state index in [-0.39, 0.29) is 0 Å². The fourth-order valence-electron chi connectivity index (χ4n) is 3.79. The van der Waals surface area contributed by atoms with Crippen LogP contribution in [0.3, 0.4) is 0 Å². The zero-order valence-electron chi connectivity index (χ0n) is 14.1. The highest BCUT2D eigenvalue weighted by Crippen LogP contribution is 2.39. The summed E-state index contributed by atoms with van der Waals surface area (Å²) in [4.78, 5) is 2.50. The Morgan fingerprint density at radius 2 is 1.81 bits per heavy atom. The van der Waals surface area contributed by atoms with Gasteiger partial charge in [-0.2, -0.15) is 0 Å². The van der Waals surface area contributed by atoms with E-state index in [9.17, 15) is 0 Å². The Morgan fingerprint density at radius 1 is 1.14 bits per heavy atom. The van der Waals surface area contributed by atoms with Gasteiger partial charge in [-0.3, -0.25) is 0 Å². The van der Waals surface area contributed by atoms with Gasteiger partial charge in [0.15, 0.2) is 0 Å². The average molecular weight is 288 g/mol. The SMILES string of the molecule is CNCCC1CCC(CCc2ccccc2)(N(C)C)CC1. The number of aryl methyl sites for hydroxylation is 1. The van der Waals surface area contributed by atoms with Crippen LogP contribution in [0.2, 0.25) is 0 Å². The van der Waals surface area contributed by atoms with Crippen molar-refractivity contribution < 1.29 is 0 Å². The standard InChI is InChI=1S/C19H32N2/c1-20-16-12-18-10-14-19(15-11-18,21(2)3)13-9-17-7-5-4-6-8-17/h4-8,18,20H,9-16H2,1-3H3. The van der Waals surface area contributed by atoms with Crippen LogP contribution >= 0.6 is 0 Å². The van der Waals surface area contributed by atoms with E-state index >= 15 is 0 Å². The van der Waals surface area contributed by atoms with E-state index in [0.717, 1.165) is 5.92 Å². The number of rotatable bonds is 7. The minimum atomic E-state index is 0.423. The molecular weight excluding hydrogens is 256 g/mol. The molecule has 0 unspecified atom stereocenters. The van der Waals surface area contributed by atoms with Gasteiger partial charge in [0, 0.05) is 5.54 Å². The van der Waals surface area contributed by atoms with Crippen LogP contribution in [0.15, 0.2) is 30.3 Å². The second-order valence-electron chi connectivity index (χ2n) is 6.94. The summed E-state index contributed by atoms with van der Waals surface area (Å²) in [5.74, 6) is 0.933. The summed E-state index contributed by atoms with van der Waals surface area (Å²) in [5.41, 5.74) is 1.91. The van der Waals surface area contributed by atoms with Crippen LogP contribution in [0.25, 0.3) is 0 Å². The van der Waals surface area contributed by atoms with Crippen LogP contribution in [-0.4, -0.2) is 38.1 Å². The van der Waals surface area contributed by atoms with Gasteiger partial charge in [-0.1, -0.05) is 30.3 Å². The molecule has 118 valence electrons. The van der Waals surface area contributed by atoms with Gasteiger partial charge in [-0.15, -0.1) is 0 Å². The molecule has 2 nitrogen and oxygen atoms in total. The normalized spacial score (nSPS) is 26.2. The minimum absolute atomic E-state index is 0.423. The Labute approximate surface area is 130 Å². The first-order valence-corrected chi connectivity index (χ1v) is 8.52. The average Bonchev–Trinajstić information content (AvgIpc) is 2.53. The Bertz CT molecular complexity index is 391. The largest absolute Gasteiger partial charge is 0.320 e. The van der Waals surface area contributed by atoms with Gasteiger partial charge in [0.05, 0.1) is 0 Å². The molecule has 1 N–H and O–H groups in total. The lowest BCUT2D eigenvalue weighted by atomic mass is 9.72. The van der Waals surface area contributed by atoms with E-state index in [1.165, 1.54) is 57.1 Å². The van der Waals surface area contributed by atoms with Crippen molar-refractivity contribution in [3.8, 4) is 0 Å². The second kappa shape index (κ2) is 7.95. The highest BCUT2D eigenvalue weighted by atomic mass is 15.1. The molecule has 1 aromatic rings. The molecule has 0 saturated heterocycles. The van der Waals surface area contributed by atoms with Crippen LogP contribution < -0.4 is 5.32 Å². The fraction of sp³-hybridized carbons (Fsp3) is 0.684. The Hall–Kier alpha value is -0.860. The van der Waals surface area contributed by atoms with Gasteiger partial charge in [0.1, 0.15) is 0 Å². The summed E-state index contributed by atoms with van der Waals surface area (Å²) in [5, 5.41) is 3.29. The lowest BCUT2D eigenvalue weighted by Gasteiger charge is -2.45. The monoisotopic (exact) mass is 288 g/mol. The lowest BCUT2D eigenvalue weighted by Crippen LogP contribution is -2.47. The molecule has 1 aliphatic rings. The van der Waals surface area contributed by atoms with Crippen molar-refractivity contribution in [2.24, 2.45) is 5.92 Å². The molecular formula is C19H32N2. The maximum absolute atomic E-state index is 3.29. The van der Waals surface area contributed by atoms with E-state index in [4.69, 9.17) is 0 Å². The third-order valence-corrected chi connectivity index (χ3v) is 5.51. The first-order chi connectivity index (χ1) is 10.2. The smallest absolute Gasteiger partial charge is 0.0206 e. The van der Waals surface area contributed by atoms with Gasteiger partial charge in [-0.25, -0.2) is 0 Å². The van der Waals surface area contributed by atoms with Gasteiger partial charge in [0.25, 0.3) is 0 Å². The Kier molecular flexibility index (Phi) is 6.25. The molecule has 21 heavy (non-hydrogen) atoms. The summed E-state index contributed by atoms with van der Waals surface area (Å²) < 4.78 is 0. The van der Waals surface area contributed by atoms with Crippen molar-refractivity contribution in [3.05, 3.63) is 35.9 Å². The number of nitrogens with one attached hydrogen (secondary N) is 1. The maximum atomic E-state index is 3.29. The summed E-state index contributed by atoms with van der Waals surface area (Å²) in [6, 6.07) is 11.0. The van der Waals surface area contributed by atoms with Crippen LogP contribution in [0.4, 0.5) is 0 Å². The summed E-state index contributed by atoms with van der Waals surface area (Å²) >= 11 is 0. The van der Waals surface area contributed by atoms with Gasteiger partial charge < -0.3 is 10.2 Å². The van der Waals surface area contributed by atoms with E-state index in [1.807, 2.05) is 0 Å². The third kappa shape index (κ3) is 4.55. The van der Waals surface area contributed by atoms with Gasteiger partial charge >= 0.3 is 0 Å². The molecule has 0 amide bonds. The minimum Gasteiger partial charge on any atom is -0.320 e. The number of hydrogen-bond acceptors (Lipinski definition) is 2. The molecule has 0 heterocycles. The van der Waals surface area contributed by atoms with Crippen molar-refractivity contribution in [1.29, 1.82) is 0 Å². The zero-order chi connectivity index (χ0) is 15.1. The molecule has 1 aromatic carbocycles. The molecule has 1 saturated carbocycles. The topological polar surface area (TPSA) is 15.3 Å². The molecule has 0 radical (unpaired) electrons. The fourth-order valence-corrected chi connectivity index (χ4v) is 3.79. The van der Waals surface area contributed by atoms with Crippen LogP contribution in [0.1, 0.15) is 44.1 Å². The van der Waals surface area contributed by atoms with Crippen LogP contribution in [0, 0.1) is 5.92 Å². The molecule has 1 fully saturated rings. The molecule has 0 atom stereocenters. The highest BCUT2D eigenvalue weighted by molar-refractivity contribution is 5.15. The van der Waals surface area contributed by atoms with Crippen molar-refractivity contribution in [3.63, 3.8) is 0 Å². The summed E-state index contributed by atoms with van der Waals surface area (Å²) in [6.07, 6.45) is 9.37. The number of nitrogens with zero attached hydrogens (tertiary/aromatic N) is 1. The highest BCUT2D eigenvalue weighted by Gasteiger charge is 2.36. The van der Waals surface area contributed by atoms with Gasteiger partial charge in [0.2, 0.25) is 0 Å². The predicted molar refractivity (Wildman–Crippen MR) is 91.7 cm³/mol. The molecule has 2 heteroatoms. The zero-order valence-corrected chi connectivity index (χ0v) is 14.1. The van der Waals surface area contributed by atoms with Crippen molar-refractivity contribution >= 4 is 0 Å². The van der Waals surface area contributed by atoms with E-state index in [1.54, 1.807) is 0 Å². The predicted octanol–water partition coefficient (Wildman–Crippen LogP) is 3.72. The Morgan fingerprint density at radius 3 is 2.38 bits per heavy atom. The number of benzene rings is 1. The second-order valence-corrected chi connectivity index (χ2v) is 6.94. The lowest BCUT2D eigenvalue weighted by molar-refractivity contribution is 0.0692. The van der Waals surface area contributed by atoms with E-state index < -0.39 is 0 Å². The first-order valence-electron chi connectivity index (χ1n) is 8.52. The van der Waals surface area contributed by atoms with E-state index in [2.05, 4.69) is 61.7 Å². The quantitative estimate of drug-likeness (QED) is 0.822. The molecule has 1 aliphatic carbocycles. The van der Waals surface area contributed by atoms with Crippen molar-refractivity contribution in [1.82, 2.24) is 10.2 Å². The molecule has 0 aromatic heterocycles.